The molecule has 2 aromatic rings. The van der Waals surface area contributed by atoms with Gasteiger partial charge in [-0.05, 0) is 26.0 Å². The van der Waals surface area contributed by atoms with E-state index in [0.717, 1.165) is 5.56 Å². The summed E-state index contributed by atoms with van der Waals surface area (Å²) in [5.41, 5.74) is 1.33. The Morgan fingerprint density at radius 1 is 1.35 bits per heavy atom. The highest BCUT2D eigenvalue weighted by Gasteiger charge is 2.15. The summed E-state index contributed by atoms with van der Waals surface area (Å²) in [7, 11) is 1.50. The van der Waals surface area contributed by atoms with Crippen LogP contribution in [-0.4, -0.2) is 40.6 Å². The van der Waals surface area contributed by atoms with E-state index in [1.165, 1.54) is 18.0 Å². The molecule has 122 valence electrons. The molecule has 0 aliphatic heterocycles. The third-order valence-electron chi connectivity index (χ3n) is 2.98. The zero-order chi connectivity index (χ0) is 16.8. The van der Waals surface area contributed by atoms with Gasteiger partial charge in [-0.25, -0.2) is 4.68 Å². The number of nitrogens with one attached hydrogen (secondary N) is 1. The maximum absolute atomic E-state index is 12.3. The third kappa shape index (κ3) is 4.29. The van der Waals surface area contributed by atoms with Gasteiger partial charge in [0.2, 0.25) is 0 Å². The third-order valence-corrected chi connectivity index (χ3v) is 2.98. The van der Waals surface area contributed by atoms with Gasteiger partial charge in [0.15, 0.2) is 5.82 Å². The predicted octanol–water partition coefficient (Wildman–Crippen LogP) is 1.41. The van der Waals surface area contributed by atoms with Crippen molar-refractivity contribution in [3.8, 4) is 5.75 Å². The van der Waals surface area contributed by atoms with Gasteiger partial charge < -0.3 is 14.8 Å². The average Bonchev–Trinajstić information content (AvgIpc) is 2.94. The largest absolute Gasteiger partial charge is 0.496 e. The Morgan fingerprint density at radius 3 is 2.83 bits per heavy atom. The van der Waals surface area contributed by atoms with Crippen LogP contribution >= 0.6 is 0 Å². The predicted molar refractivity (Wildman–Crippen MR) is 82.3 cm³/mol. The average molecular weight is 318 g/mol. The van der Waals surface area contributed by atoms with E-state index in [4.69, 9.17) is 9.47 Å². The van der Waals surface area contributed by atoms with E-state index < -0.39 is 5.97 Å². The van der Waals surface area contributed by atoms with Gasteiger partial charge in [-0.1, -0.05) is 16.8 Å². The first-order valence-corrected chi connectivity index (χ1v) is 7.05. The highest BCUT2D eigenvalue weighted by molar-refractivity contribution is 6.05. The number of nitrogens with zero attached hydrogens (tertiary/aromatic N) is 3. The maximum Gasteiger partial charge on any atom is 0.327 e. The quantitative estimate of drug-likeness (QED) is 0.809. The highest BCUT2D eigenvalue weighted by Crippen LogP contribution is 2.20. The number of rotatable bonds is 6. The Morgan fingerprint density at radius 2 is 2.13 bits per heavy atom. The van der Waals surface area contributed by atoms with E-state index in [2.05, 4.69) is 15.6 Å². The van der Waals surface area contributed by atoms with E-state index in [-0.39, 0.29) is 18.3 Å². The lowest BCUT2D eigenvalue weighted by Crippen LogP contribution is -2.14. The van der Waals surface area contributed by atoms with Crippen LogP contribution in [0.4, 0.5) is 5.82 Å². The lowest BCUT2D eigenvalue weighted by Gasteiger charge is -2.08. The molecule has 1 amide bonds. The number of benzene rings is 1. The van der Waals surface area contributed by atoms with Gasteiger partial charge in [0.25, 0.3) is 5.91 Å². The topological polar surface area (TPSA) is 95.3 Å². The molecule has 0 unspecified atom stereocenters. The first-order valence-electron chi connectivity index (χ1n) is 7.05. The maximum atomic E-state index is 12.3. The molecule has 0 saturated heterocycles. The van der Waals surface area contributed by atoms with Crippen LogP contribution in [0.5, 0.6) is 5.75 Å². The SMILES string of the molecule is CCOC(=O)Cn1cc(NC(=O)c2cc(C)ccc2OC)nn1. The smallest absolute Gasteiger partial charge is 0.327 e. The van der Waals surface area contributed by atoms with Crippen molar-refractivity contribution in [3.05, 3.63) is 35.5 Å². The van der Waals surface area contributed by atoms with Gasteiger partial charge in [-0.3, -0.25) is 9.59 Å². The molecule has 0 bridgehead atoms. The number of esters is 1. The summed E-state index contributed by atoms with van der Waals surface area (Å²) in [6.07, 6.45) is 1.46. The fourth-order valence-corrected chi connectivity index (χ4v) is 1.95. The summed E-state index contributed by atoms with van der Waals surface area (Å²) in [4.78, 5) is 23.7. The fourth-order valence-electron chi connectivity index (χ4n) is 1.95. The van der Waals surface area contributed by atoms with Crippen LogP contribution in [0.2, 0.25) is 0 Å². The van der Waals surface area contributed by atoms with Crippen molar-refractivity contribution in [1.29, 1.82) is 0 Å². The van der Waals surface area contributed by atoms with Crippen LogP contribution in [-0.2, 0) is 16.1 Å². The summed E-state index contributed by atoms with van der Waals surface area (Å²) < 4.78 is 11.3. The molecule has 8 heteroatoms. The molecule has 1 aromatic carbocycles. The molecule has 0 aliphatic carbocycles. The van der Waals surface area contributed by atoms with Crippen molar-refractivity contribution < 1.29 is 19.1 Å². The molecular weight excluding hydrogens is 300 g/mol. The minimum Gasteiger partial charge on any atom is -0.496 e. The molecule has 8 nitrogen and oxygen atoms in total. The number of methoxy groups -OCH3 is 1. The monoisotopic (exact) mass is 318 g/mol. The molecule has 0 saturated carbocycles. The summed E-state index contributed by atoms with van der Waals surface area (Å²) in [5.74, 6) is -0.0840. The Hall–Kier alpha value is -2.90. The number of aryl methyl sites for hydroxylation is 1. The number of aromatic nitrogens is 3. The normalized spacial score (nSPS) is 10.2. The van der Waals surface area contributed by atoms with Gasteiger partial charge in [-0.2, -0.15) is 0 Å². The molecule has 0 aliphatic rings. The molecule has 0 spiro atoms. The standard InChI is InChI=1S/C15H18N4O4/c1-4-23-14(20)9-19-8-13(17-18-19)16-15(21)11-7-10(2)5-6-12(11)22-3/h5-8H,4,9H2,1-3H3,(H,16,21). The molecule has 23 heavy (non-hydrogen) atoms. The first kappa shape index (κ1) is 16.5. The summed E-state index contributed by atoms with van der Waals surface area (Å²) in [5, 5.41) is 10.2. The number of anilines is 1. The van der Waals surface area contributed by atoms with Crippen molar-refractivity contribution >= 4 is 17.7 Å². The number of hydrogen-bond donors (Lipinski definition) is 1. The number of hydrogen-bond acceptors (Lipinski definition) is 6. The summed E-state index contributed by atoms with van der Waals surface area (Å²) in [6, 6.07) is 5.30. The molecule has 0 radical (unpaired) electrons. The van der Waals surface area contributed by atoms with Crippen molar-refractivity contribution in [2.45, 2.75) is 20.4 Å². The van der Waals surface area contributed by atoms with Crippen LogP contribution in [0.3, 0.4) is 0 Å². The zero-order valence-electron chi connectivity index (χ0n) is 13.2. The Balaban J connectivity index is 2.08. The van der Waals surface area contributed by atoms with Gasteiger partial charge in [0.05, 0.1) is 25.5 Å². The van der Waals surface area contributed by atoms with E-state index in [1.807, 2.05) is 13.0 Å². The van der Waals surface area contributed by atoms with E-state index >= 15 is 0 Å². The van der Waals surface area contributed by atoms with Crippen LogP contribution in [0, 0.1) is 6.92 Å². The van der Waals surface area contributed by atoms with Crippen molar-refractivity contribution in [3.63, 3.8) is 0 Å². The Bertz CT molecular complexity index is 711. The number of ether oxygens (including phenoxy) is 2. The Labute approximate surface area is 133 Å². The lowest BCUT2D eigenvalue weighted by molar-refractivity contribution is -0.144. The molecule has 1 N–H and O–H groups in total. The fraction of sp³-hybridized carbons (Fsp3) is 0.333. The van der Waals surface area contributed by atoms with Crippen LogP contribution in [0.25, 0.3) is 0 Å². The number of carbonyl (C=O) groups is 2. The van der Waals surface area contributed by atoms with Crippen LogP contribution in [0.15, 0.2) is 24.4 Å². The van der Waals surface area contributed by atoms with E-state index in [0.29, 0.717) is 17.9 Å². The Kier molecular flexibility index (Phi) is 5.29. The second kappa shape index (κ2) is 7.39. The van der Waals surface area contributed by atoms with Crippen LogP contribution < -0.4 is 10.1 Å². The summed E-state index contributed by atoms with van der Waals surface area (Å²) in [6.45, 7) is 3.83. The van der Waals surface area contributed by atoms with Gasteiger partial charge >= 0.3 is 5.97 Å². The summed E-state index contributed by atoms with van der Waals surface area (Å²) >= 11 is 0. The second-order valence-electron chi connectivity index (χ2n) is 4.76. The van der Waals surface area contributed by atoms with Gasteiger partial charge in [0, 0.05) is 0 Å². The molecule has 0 atom stereocenters. The molecular formula is C15H18N4O4. The van der Waals surface area contributed by atoms with Gasteiger partial charge in [0.1, 0.15) is 12.3 Å². The second-order valence-corrected chi connectivity index (χ2v) is 4.76. The molecule has 0 fully saturated rings. The minimum absolute atomic E-state index is 0.0650. The van der Waals surface area contributed by atoms with Crippen molar-refractivity contribution in [2.24, 2.45) is 0 Å². The molecule has 2 rings (SSSR count). The molecule has 1 aromatic heterocycles. The van der Waals surface area contributed by atoms with Crippen molar-refractivity contribution in [2.75, 3.05) is 19.0 Å². The van der Waals surface area contributed by atoms with E-state index in [1.54, 1.807) is 19.1 Å². The zero-order valence-corrected chi connectivity index (χ0v) is 13.2. The lowest BCUT2D eigenvalue weighted by atomic mass is 10.1. The number of carbonyl (C=O) groups excluding carboxylic acids is 2. The number of amides is 1. The molecule has 1 heterocycles. The highest BCUT2D eigenvalue weighted by atomic mass is 16.5. The minimum atomic E-state index is -0.421. The van der Waals surface area contributed by atoms with Crippen LogP contribution in [0.1, 0.15) is 22.8 Å². The van der Waals surface area contributed by atoms with Gasteiger partial charge in [-0.15, -0.1) is 5.10 Å². The van der Waals surface area contributed by atoms with E-state index in [9.17, 15) is 9.59 Å². The van der Waals surface area contributed by atoms with Crippen molar-refractivity contribution in [1.82, 2.24) is 15.0 Å². The first-order chi connectivity index (χ1) is 11.0.